The fourth-order valence-electron chi connectivity index (χ4n) is 0.694. The van der Waals surface area contributed by atoms with Crippen LogP contribution in [0.2, 0.25) is 0 Å². The molecule has 4 heteroatoms. The van der Waals surface area contributed by atoms with Gasteiger partial charge in [0.05, 0.1) is 0 Å². The second kappa shape index (κ2) is 18.0. The van der Waals surface area contributed by atoms with E-state index in [9.17, 15) is 5.11 Å². The van der Waals surface area contributed by atoms with Crippen LogP contribution in [0.3, 0.4) is 0 Å². The average molecular weight is 258 g/mol. The molecule has 1 unspecified atom stereocenters. The van der Waals surface area contributed by atoms with Crippen molar-refractivity contribution in [3.05, 3.63) is 24.3 Å². The Kier molecular flexibility index (Phi) is 25.4. The third-order valence-corrected chi connectivity index (χ3v) is 1.21. The Morgan fingerprint density at radius 3 is 1.83 bits per heavy atom. The van der Waals surface area contributed by atoms with E-state index in [4.69, 9.17) is 5.11 Å². The zero-order chi connectivity index (χ0) is 13.0. The molecule has 108 valence electrons. The summed E-state index contributed by atoms with van der Waals surface area (Å²) in [5.74, 6) is 0.0573. The van der Waals surface area contributed by atoms with Crippen LogP contribution in [0, 0.1) is 0 Å². The zero-order valence-electron chi connectivity index (χ0n) is 10.7. The Labute approximate surface area is 112 Å². The van der Waals surface area contributed by atoms with Gasteiger partial charge in [0, 0.05) is 0 Å². The van der Waals surface area contributed by atoms with Gasteiger partial charge in [0.25, 0.3) is 0 Å². The number of phenols is 1. The van der Waals surface area contributed by atoms with Gasteiger partial charge >= 0.3 is 0 Å². The number of phenolic OH excluding ortho intramolecular Hbond substituents is 1. The van der Waals surface area contributed by atoms with E-state index < -0.39 is 6.23 Å². The first-order valence-electron chi connectivity index (χ1n) is 5.57. The lowest BCUT2D eigenvalue weighted by molar-refractivity contribution is 0.197. The number of nitrogens with zero attached hydrogens (tertiary/aromatic N) is 2. The molecule has 0 spiro atoms. The molecule has 0 radical (unpaired) electrons. The summed E-state index contributed by atoms with van der Waals surface area (Å²) in [6, 6.07) is 6.55. The monoisotopic (exact) mass is 258 g/mol. The third kappa shape index (κ3) is 12.6. The maximum absolute atomic E-state index is 9.19. The highest BCUT2D eigenvalue weighted by Crippen LogP contribution is 2.25. The molecule has 1 aromatic carbocycles. The highest BCUT2D eigenvalue weighted by molar-refractivity contribution is 5.49. The van der Waals surface area contributed by atoms with E-state index in [0.29, 0.717) is 5.69 Å². The molecule has 18 heavy (non-hydrogen) atoms. The number of hydrogen-bond donors (Lipinski definition) is 2. The molecule has 1 atom stereocenters. The number of benzene rings is 1. The quantitative estimate of drug-likeness (QED) is 0.721. The largest absolute Gasteiger partial charge is 0.506 e. The first-order chi connectivity index (χ1) is 7.70. The number of aliphatic hydroxyl groups is 1. The Morgan fingerprint density at radius 2 is 1.44 bits per heavy atom. The van der Waals surface area contributed by atoms with Gasteiger partial charge < -0.3 is 10.2 Å². The molecule has 0 saturated carbocycles. The van der Waals surface area contributed by atoms with Crippen molar-refractivity contribution in [3.8, 4) is 5.75 Å². The molecule has 2 N–H and O–H groups in total. The Hall–Kier alpha value is -1.42. The van der Waals surface area contributed by atoms with Gasteiger partial charge in [0.15, 0.2) is 6.23 Å². The van der Waals surface area contributed by atoms with Gasteiger partial charge in [-0.2, -0.15) is 5.11 Å². The molecule has 0 aromatic heterocycles. The normalized spacial score (nSPS) is 9.67. The summed E-state index contributed by atoms with van der Waals surface area (Å²) < 4.78 is 0. The van der Waals surface area contributed by atoms with Crippen molar-refractivity contribution in [2.75, 3.05) is 0 Å². The van der Waals surface area contributed by atoms with Gasteiger partial charge in [-0.05, 0) is 19.1 Å². The second-order valence-corrected chi connectivity index (χ2v) is 2.34. The van der Waals surface area contributed by atoms with Crippen LogP contribution in [0.4, 0.5) is 5.69 Å². The summed E-state index contributed by atoms with van der Waals surface area (Å²) in [5.41, 5.74) is 0.360. The summed E-state index contributed by atoms with van der Waals surface area (Å²) in [5, 5.41) is 25.1. The van der Waals surface area contributed by atoms with E-state index in [0.717, 1.165) is 0 Å². The Balaban J connectivity index is -0.000000149. The molecule has 4 nitrogen and oxygen atoms in total. The summed E-state index contributed by atoms with van der Waals surface area (Å²) in [6.45, 7) is 9.49. The van der Waals surface area contributed by atoms with Crippen LogP contribution in [0.25, 0.3) is 0 Å². The van der Waals surface area contributed by atoms with Crippen LogP contribution in [-0.4, -0.2) is 16.4 Å². The minimum absolute atomic E-state index is 0. The molecule has 1 aromatic rings. The number of para-hydroxylation sites is 1. The first-order valence-corrected chi connectivity index (χ1v) is 5.57. The maximum atomic E-state index is 9.19. The molecule has 0 heterocycles. The van der Waals surface area contributed by atoms with Gasteiger partial charge in [-0.3, -0.25) is 0 Å². The number of hydrogen-bond acceptors (Lipinski definition) is 4. The standard InChI is InChI=1S/C8H10N2O2.2C2H6.2CH4/c1-6(11)9-10-7-4-2-3-5-8(7)12;2*1-2;;/h2-6,11-12H,1H3;2*1-2H3;2*1H4. The van der Waals surface area contributed by atoms with E-state index in [2.05, 4.69) is 10.2 Å². The fraction of sp³-hybridized carbons (Fsp3) is 0.571. The number of aliphatic hydroxyl groups excluding tert-OH is 1. The van der Waals surface area contributed by atoms with Crippen LogP contribution in [-0.2, 0) is 0 Å². The van der Waals surface area contributed by atoms with Crippen LogP contribution in [0.1, 0.15) is 49.5 Å². The van der Waals surface area contributed by atoms with Crippen molar-refractivity contribution in [3.63, 3.8) is 0 Å². The predicted molar refractivity (Wildman–Crippen MR) is 80.5 cm³/mol. The third-order valence-electron chi connectivity index (χ3n) is 1.21. The lowest BCUT2D eigenvalue weighted by atomic mass is 10.3. The van der Waals surface area contributed by atoms with Gasteiger partial charge in [0.2, 0.25) is 0 Å². The van der Waals surface area contributed by atoms with E-state index in [1.54, 1.807) is 18.2 Å². The van der Waals surface area contributed by atoms with Crippen molar-refractivity contribution >= 4 is 5.69 Å². The van der Waals surface area contributed by atoms with E-state index >= 15 is 0 Å². The molecular weight excluding hydrogens is 228 g/mol. The molecule has 0 fully saturated rings. The van der Waals surface area contributed by atoms with Crippen molar-refractivity contribution < 1.29 is 10.2 Å². The summed E-state index contributed by atoms with van der Waals surface area (Å²) in [4.78, 5) is 0. The van der Waals surface area contributed by atoms with Crippen molar-refractivity contribution in [2.24, 2.45) is 10.2 Å². The molecular formula is C14H30N2O2. The van der Waals surface area contributed by atoms with Gasteiger partial charge in [-0.25, -0.2) is 0 Å². The number of azo groups is 1. The van der Waals surface area contributed by atoms with Crippen LogP contribution < -0.4 is 0 Å². The predicted octanol–water partition coefficient (Wildman–Crippen LogP) is 5.14. The minimum Gasteiger partial charge on any atom is -0.506 e. The average Bonchev–Trinajstić information content (AvgIpc) is 2.33. The van der Waals surface area contributed by atoms with Crippen LogP contribution in [0.15, 0.2) is 34.5 Å². The minimum atomic E-state index is -0.843. The van der Waals surface area contributed by atoms with E-state index in [-0.39, 0.29) is 20.6 Å². The zero-order valence-corrected chi connectivity index (χ0v) is 10.7. The first kappa shape index (κ1) is 25.4. The molecule has 0 saturated heterocycles. The van der Waals surface area contributed by atoms with E-state index in [1.165, 1.54) is 13.0 Å². The Morgan fingerprint density at radius 1 is 1.00 bits per heavy atom. The smallest absolute Gasteiger partial charge is 0.163 e. The van der Waals surface area contributed by atoms with Crippen molar-refractivity contribution in [1.29, 1.82) is 0 Å². The van der Waals surface area contributed by atoms with Gasteiger partial charge in [0.1, 0.15) is 11.4 Å². The van der Waals surface area contributed by atoms with Crippen molar-refractivity contribution in [1.82, 2.24) is 0 Å². The maximum Gasteiger partial charge on any atom is 0.163 e. The summed E-state index contributed by atoms with van der Waals surface area (Å²) in [7, 11) is 0. The Bertz CT molecular complexity index is 287. The lowest BCUT2D eigenvalue weighted by Gasteiger charge is -1.96. The van der Waals surface area contributed by atoms with Gasteiger partial charge in [-0.15, -0.1) is 5.11 Å². The molecule has 0 aliphatic heterocycles. The second-order valence-electron chi connectivity index (χ2n) is 2.34. The molecule has 0 bridgehead atoms. The molecule has 1 rings (SSSR count). The highest BCUT2D eigenvalue weighted by atomic mass is 16.3. The summed E-state index contributed by atoms with van der Waals surface area (Å²) >= 11 is 0. The summed E-state index contributed by atoms with van der Waals surface area (Å²) in [6.07, 6.45) is -0.843. The molecule has 0 aliphatic rings. The highest BCUT2D eigenvalue weighted by Gasteiger charge is 1.96. The number of aromatic hydroxyl groups is 1. The van der Waals surface area contributed by atoms with Gasteiger partial charge in [-0.1, -0.05) is 54.7 Å². The SMILES string of the molecule is C.C.CC.CC.CC(O)N=Nc1ccccc1O. The lowest BCUT2D eigenvalue weighted by Crippen LogP contribution is -1.90. The van der Waals surface area contributed by atoms with Crippen LogP contribution in [0.5, 0.6) is 5.75 Å². The van der Waals surface area contributed by atoms with Crippen molar-refractivity contribution in [2.45, 2.75) is 55.7 Å². The van der Waals surface area contributed by atoms with Crippen LogP contribution >= 0.6 is 0 Å². The molecule has 0 aliphatic carbocycles. The fourth-order valence-corrected chi connectivity index (χ4v) is 0.694. The number of rotatable bonds is 2. The topological polar surface area (TPSA) is 65.2 Å². The molecule has 0 amide bonds. The van der Waals surface area contributed by atoms with E-state index in [1.807, 2.05) is 27.7 Å².